The van der Waals surface area contributed by atoms with Gasteiger partial charge in [0.2, 0.25) is 0 Å². The SMILES string of the molecule is CCO[Si](CCCN=Cc1cc(C(F)(F)F)cc(C(F)(F)F)c1)(OCC)OCC. The Labute approximate surface area is 167 Å². The van der Waals surface area contributed by atoms with Crippen molar-refractivity contribution in [2.45, 2.75) is 45.6 Å². The van der Waals surface area contributed by atoms with Gasteiger partial charge in [-0.3, -0.25) is 4.99 Å². The number of aliphatic imine (C=N–C) groups is 1. The highest BCUT2D eigenvalue weighted by Crippen LogP contribution is 2.36. The summed E-state index contributed by atoms with van der Waals surface area (Å²) in [5, 5.41) is 0. The highest BCUT2D eigenvalue weighted by Gasteiger charge is 2.39. The Balaban J connectivity index is 2.87. The second-order valence-electron chi connectivity index (χ2n) is 5.96. The third-order valence-electron chi connectivity index (χ3n) is 3.71. The van der Waals surface area contributed by atoms with Crippen LogP contribution in [0.15, 0.2) is 23.2 Å². The minimum Gasteiger partial charge on any atom is -0.374 e. The van der Waals surface area contributed by atoms with Gasteiger partial charge in [-0.15, -0.1) is 0 Å². The van der Waals surface area contributed by atoms with E-state index in [-0.39, 0.29) is 18.2 Å². The molecule has 0 N–H and O–H groups in total. The van der Waals surface area contributed by atoms with Crippen molar-refractivity contribution in [3.05, 3.63) is 34.9 Å². The quantitative estimate of drug-likeness (QED) is 0.193. The molecule has 0 saturated carbocycles. The zero-order chi connectivity index (χ0) is 22.1. The van der Waals surface area contributed by atoms with Gasteiger partial charge in [0.1, 0.15) is 0 Å². The van der Waals surface area contributed by atoms with E-state index in [4.69, 9.17) is 13.3 Å². The van der Waals surface area contributed by atoms with Gasteiger partial charge in [-0.25, -0.2) is 0 Å². The van der Waals surface area contributed by atoms with Crippen LogP contribution in [0, 0.1) is 0 Å². The van der Waals surface area contributed by atoms with Gasteiger partial charge >= 0.3 is 21.2 Å². The second kappa shape index (κ2) is 11.1. The molecule has 166 valence electrons. The van der Waals surface area contributed by atoms with Crippen molar-refractivity contribution in [3.8, 4) is 0 Å². The minimum absolute atomic E-state index is 0.0869. The lowest BCUT2D eigenvalue weighted by molar-refractivity contribution is -0.143. The monoisotopic (exact) mass is 445 g/mol. The molecule has 1 rings (SSSR count). The van der Waals surface area contributed by atoms with Crippen molar-refractivity contribution in [2.24, 2.45) is 4.99 Å². The zero-order valence-electron chi connectivity index (χ0n) is 16.5. The molecule has 1 aromatic rings. The lowest BCUT2D eigenvalue weighted by Crippen LogP contribution is -2.46. The number of hydrogen-bond donors (Lipinski definition) is 0. The summed E-state index contributed by atoms with van der Waals surface area (Å²) in [6, 6.07) is 1.80. The molecule has 0 atom stereocenters. The van der Waals surface area contributed by atoms with E-state index in [1.807, 2.05) is 20.8 Å². The van der Waals surface area contributed by atoms with E-state index in [1.54, 1.807) is 0 Å². The van der Waals surface area contributed by atoms with Crippen LogP contribution in [0.2, 0.25) is 6.04 Å². The van der Waals surface area contributed by atoms with Crippen molar-refractivity contribution in [1.82, 2.24) is 0 Å². The van der Waals surface area contributed by atoms with Gasteiger partial charge in [0, 0.05) is 38.6 Å². The van der Waals surface area contributed by atoms with E-state index in [0.717, 1.165) is 6.21 Å². The fourth-order valence-electron chi connectivity index (χ4n) is 2.61. The molecule has 0 heterocycles. The van der Waals surface area contributed by atoms with Gasteiger partial charge in [-0.2, -0.15) is 26.3 Å². The molecular weight excluding hydrogens is 420 g/mol. The Morgan fingerprint density at radius 1 is 0.828 bits per heavy atom. The zero-order valence-corrected chi connectivity index (χ0v) is 17.5. The molecule has 4 nitrogen and oxygen atoms in total. The third kappa shape index (κ3) is 8.45. The van der Waals surface area contributed by atoms with Gasteiger partial charge < -0.3 is 13.3 Å². The lowest BCUT2D eigenvalue weighted by Gasteiger charge is -2.28. The molecule has 11 heteroatoms. The van der Waals surface area contributed by atoms with Crippen LogP contribution in [0.4, 0.5) is 26.3 Å². The normalized spacial score (nSPS) is 13.4. The molecule has 0 aliphatic carbocycles. The topological polar surface area (TPSA) is 40.0 Å². The van der Waals surface area contributed by atoms with Crippen LogP contribution in [0.3, 0.4) is 0 Å². The van der Waals surface area contributed by atoms with Crippen LogP contribution in [0.1, 0.15) is 43.9 Å². The van der Waals surface area contributed by atoms with Gasteiger partial charge in [0.05, 0.1) is 11.1 Å². The van der Waals surface area contributed by atoms with Crippen molar-refractivity contribution in [3.63, 3.8) is 0 Å². The first-order valence-electron chi connectivity index (χ1n) is 9.18. The summed E-state index contributed by atoms with van der Waals surface area (Å²) in [6.07, 6.45) is -8.31. The average Bonchev–Trinajstić information content (AvgIpc) is 2.60. The summed E-state index contributed by atoms with van der Waals surface area (Å²) in [7, 11) is -2.86. The van der Waals surface area contributed by atoms with Crippen LogP contribution < -0.4 is 0 Å². The average molecular weight is 445 g/mol. The molecule has 0 aliphatic heterocycles. The maximum Gasteiger partial charge on any atom is 0.500 e. The first-order chi connectivity index (χ1) is 13.5. The van der Waals surface area contributed by atoms with Crippen molar-refractivity contribution < 1.29 is 39.6 Å². The fraction of sp³-hybridized carbons (Fsp3) is 0.611. The molecule has 29 heavy (non-hydrogen) atoms. The van der Waals surface area contributed by atoms with Crippen LogP contribution in [0.5, 0.6) is 0 Å². The van der Waals surface area contributed by atoms with E-state index in [2.05, 4.69) is 4.99 Å². The lowest BCUT2D eigenvalue weighted by atomic mass is 10.1. The number of alkyl halides is 6. The van der Waals surface area contributed by atoms with Gasteiger partial charge in [0.15, 0.2) is 0 Å². The number of rotatable bonds is 11. The van der Waals surface area contributed by atoms with E-state index in [1.165, 1.54) is 0 Å². The number of halogens is 6. The highest BCUT2D eigenvalue weighted by atomic mass is 28.4. The molecule has 1 aromatic carbocycles. The summed E-state index contributed by atoms with van der Waals surface area (Å²) in [5.74, 6) is 0. The minimum atomic E-state index is -4.89. The van der Waals surface area contributed by atoms with E-state index < -0.39 is 32.3 Å². The summed E-state index contributed by atoms with van der Waals surface area (Å²) >= 11 is 0. The van der Waals surface area contributed by atoms with Crippen LogP contribution in [-0.2, 0) is 25.6 Å². The maximum absolute atomic E-state index is 12.9. The highest BCUT2D eigenvalue weighted by molar-refractivity contribution is 6.60. The van der Waals surface area contributed by atoms with Gasteiger partial charge in [0.25, 0.3) is 0 Å². The molecule has 0 fully saturated rings. The molecule has 0 aromatic heterocycles. The number of benzene rings is 1. The van der Waals surface area contributed by atoms with Crippen molar-refractivity contribution >= 4 is 15.0 Å². The summed E-state index contributed by atoms with van der Waals surface area (Å²) in [4.78, 5) is 3.97. The summed E-state index contributed by atoms with van der Waals surface area (Å²) < 4.78 is 94.3. The molecule has 0 saturated heterocycles. The first kappa shape index (κ1) is 25.6. The predicted molar refractivity (Wildman–Crippen MR) is 99.0 cm³/mol. The first-order valence-corrected chi connectivity index (χ1v) is 11.1. The third-order valence-corrected chi connectivity index (χ3v) is 6.86. The second-order valence-corrected chi connectivity index (χ2v) is 8.69. The smallest absolute Gasteiger partial charge is 0.374 e. The summed E-state index contributed by atoms with van der Waals surface area (Å²) in [6.45, 7) is 6.82. The molecular formula is C18H25F6NO3Si. The van der Waals surface area contributed by atoms with Crippen LogP contribution >= 0.6 is 0 Å². The molecule has 0 amide bonds. The largest absolute Gasteiger partial charge is 0.500 e. The Kier molecular flexibility index (Phi) is 9.79. The summed E-state index contributed by atoms with van der Waals surface area (Å²) in [5.41, 5.74) is -3.01. The standard InChI is InChI=1S/C18H25F6NO3Si/c1-4-26-29(27-5-2,28-6-3)9-7-8-25-13-14-10-15(17(19,20)21)12-16(11-14)18(22,23)24/h10-13H,4-9H2,1-3H3. The maximum atomic E-state index is 12.9. The predicted octanol–water partition coefficient (Wildman–Crippen LogP) is 5.58. The Bertz CT molecular complexity index is 615. The number of nitrogens with zero attached hydrogens (tertiary/aromatic N) is 1. The molecule has 0 unspecified atom stereocenters. The van der Waals surface area contributed by atoms with Crippen molar-refractivity contribution in [2.75, 3.05) is 26.4 Å². The molecule has 0 spiro atoms. The fourth-order valence-corrected chi connectivity index (χ4v) is 5.21. The van der Waals surface area contributed by atoms with Gasteiger partial charge in [-0.05, 0) is 51.0 Å². The van der Waals surface area contributed by atoms with Crippen molar-refractivity contribution in [1.29, 1.82) is 0 Å². The Morgan fingerprint density at radius 3 is 1.66 bits per heavy atom. The Morgan fingerprint density at radius 2 is 1.28 bits per heavy atom. The van der Waals surface area contributed by atoms with Crippen LogP contribution in [-0.4, -0.2) is 41.4 Å². The van der Waals surface area contributed by atoms with E-state index in [0.29, 0.717) is 44.4 Å². The molecule has 0 radical (unpaired) electrons. The molecule has 0 bridgehead atoms. The van der Waals surface area contributed by atoms with E-state index in [9.17, 15) is 26.3 Å². The van der Waals surface area contributed by atoms with Gasteiger partial charge in [-0.1, -0.05) is 0 Å². The van der Waals surface area contributed by atoms with Crippen LogP contribution in [0.25, 0.3) is 0 Å². The van der Waals surface area contributed by atoms with E-state index >= 15 is 0 Å². The molecule has 0 aliphatic rings. The number of hydrogen-bond acceptors (Lipinski definition) is 4. The Hall–Kier alpha value is -1.43.